The van der Waals surface area contributed by atoms with Crippen molar-refractivity contribution in [3.05, 3.63) is 17.7 Å². The van der Waals surface area contributed by atoms with Crippen LogP contribution in [0, 0.1) is 0 Å². The number of nitrogens with zero attached hydrogens (tertiary/aromatic N) is 2. The third kappa shape index (κ3) is 1.83. The summed E-state index contributed by atoms with van der Waals surface area (Å²) in [5.41, 5.74) is 3.47. The molecule has 2 amide bonds. The first-order valence-corrected chi connectivity index (χ1v) is 5.72. The first-order chi connectivity index (χ1) is 7.76. The topological polar surface area (TPSA) is 66.9 Å². The van der Waals surface area contributed by atoms with E-state index in [1.54, 1.807) is 7.05 Å². The van der Waals surface area contributed by atoms with Crippen molar-refractivity contribution in [1.82, 2.24) is 14.1 Å². The van der Waals surface area contributed by atoms with Crippen LogP contribution in [0.2, 0.25) is 0 Å². The molecule has 2 rings (SSSR count). The van der Waals surface area contributed by atoms with E-state index in [0.717, 1.165) is 34.7 Å². The van der Waals surface area contributed by atoms with E-state index in [9.17, 15) is 4.79 Å². The van der Waals surface area contributed by atoms with Gasteiger partial charge in [0.25, 0.3) is 0 Å². The molecule has 0 unspecified atom stereocenters. The quantitative estimate of drug-likeness (QED) is 0.838. The van der Waals surface area contributed by atoms with Gasteiger partial charge in [0.15, 0.2) is 0 Å². The van der Waals surface area contributed by atoms with E-state index in [1.165, 1.54) is 0 Å². The third-order valence-corrected chi connectivity index (χ3v) is 2.88. The van der Waals surface area contributed by atoms with Crippen LogP contribution >= 0.6 is 11.7 Å². The summed E-state index contributed by atoms with van der Waals surface area (Å²) in [5.74, 6) is 0. The van der Waals surface area contributed by atoms with Gasteiger partial charge in [-0.2, -0.15) is 8.75 Å². The number of hydrogen-bond donors (Lipinski definition) is 2. The first kappa shape index (κ1) is 10.8. The molecule has 0 atom stereocenters. The van der Waals surface area contributed by atoms with Crippen molar-refractivity contribution in [3.8, 4) is 0 Å². The molecule has 1 heterocycles. The van der Waals surface area contributed by atoms with Crippen molar-refractivity contribution < 1.29 is 4.79 Å². The number of rotatable bonds is 2. The lowest BCUT2D eigenvalue weighted by Crippen LogP contribution is -2.24. The van der Waals surface area contributed by atoms with Crippen molar-refractivity contribution in [2.75, 3.05) is 12.4 Å². The van der Waals surface area contributed by atoms with Gasteiger partial charge in [0.05, 0.1) is 17.4 Å². The van der Waals surface area contributed by atoms with Crippen LogP contribution in [0.4, 0.5) is 10.5 Å². The lowest BCUT2D eigenvalue weighted by molar-refractivity contribution is 0.254. The smallest absolute Gasteiger partial charge is 0.319 e. The summed E-state index contributed by atoms with van der Waals surface area (Å²) >= 11 is 1.16. The maximum Gasteiger partial charge on any atom is 0.319 e. The molecule has 0 aliphatic heterocycles. The maximum absolute atomic E-state index is 11.2. The predicted octanol–water partition coefficient (Wildman–Crippen LogP) is 2.00. The van der Waals surface area contributed by atoms with Crippen LogP contribution in [0.3, 0.4) is 0 Å². The molecule has 0 spiro atoms. The molecular weight excluding hydrogens is 224 g/mol. The fourth-order valence-corrected chi connectivity index (χ4v) is 2.08. The van der Waals surface area contributed by atoms with Crippen molar-refractivity contribution in [3.63, 3.8) is 0 Å². The van der Waals surface area contributed by atoms with Crippen LogP contribution in [0.15, 0.2) is 12.1 Å². The largest absolute Gasteiger partial charge is 0.341 e. The van der Waals surface area contributed by atoms with Gasteiger partial charge in [-0.05, 0) is 18.1 Å². The standard InChI is InChI=1S/C10H12N4OS/c1-3-6-4-5-7(12-10(15)11-2)9-8(6)13-16-14-9/h4-5H,3H2,1-2H3,(H2,11,12,15). The SMILES string of the molecule is CCc1ccc(NC(=O)NC)c2nsnc12. The molecule has 6 heteroatoms. The highest BCUT2D eigenvalue weighted by molar-refractivity contribution is 7.00. The van der Waals surface area contributed by atoms with Crippen LogP contribution in [-0.2, 0) is 6.42 Å². The minimum atomic E-state index is -0.251. The lowest BCUT2D eigenvalue weighted by Gasteiger charge is -2.06. The Hall–Kier alpha value is -1.69. The second-order valence-corrected chi connectivity index (χ2v) is 3.82. The molecule has 2 aromatic rings. The van der Waals surface area contributed by atoms with E-state index in [1.807, 2.05) is 12.1 Å². The lowest BCUT2D eigenvalue weighted by atomic mass is 10.1. The highest BCUT2D eigenvalue weighted by Gasteiger charge is 2.10. The molecule has 1 aromatic heterocycles. The molecule has 16 heavy (non-hydrogen) atoms. The van der Waals surface area contributed by atoms with E-state index in [-0.39, 0.29) is 6.03 Å². The Morgan fingerprint density at radius 1 is 1.38 bits per heavy atom. The molecule has 84 valence electrons. The Balaban J connectivity index is 2.47. The molecule has 0 aliphatic carbocycles. The number of fused-ring (bicyclic) bond motifs is 1. The van der Waals surface area contributed by atoms with Gasteiger partial charge in [0, 0.05) is 7.05 Å². The second-order valence-electron chi connectivity index (χ2n) is 3.29. The van der Waals surface area contributed by atoms with E-state index in [4.69, 9.17) is 0 Å². The minimum Gasteiger partial charge on any atom is -0.341 e. The number of hydrogen-bond acceptors (Lipinski definition) is 4. The zero-order chi connectivity index (χ0) is 11.5. The number of nitrogens with one attached hydrogen (secondary N) is 2. The summed E-state index contributed by atoms with van der Waals surface area (Å²) in [6.45, 7) is 2.07. The number of aryl methyl sites for hydroxylation is 1. The van der Waals surface area contributed by atoms with Gasteiger partial charge < -0.3 is 10.6 Å². The second kappa shape index (κ2) is 4.44. The zero-order valence-electron chi connectivity index (χ0n) is 9.07. The van der Waals surface area contributed by atoms with E-state index in [2.05, 4.69) is 26.3 Å². The number of anilines is 1. The molecular formula is C10H12N4OS. The zero-order valence-corrected chi connectivity index (χ0v) is 9.89. The van der Waals surface area contributed by atoms with E-state index in [0.29, 0.717) is 5.69 Å². The average molecular weight is 236 g/mol. The van der Waals surface area contributed by atoms with Crippen molar-refractivity contribution >= 4 is 34.5 Å². The van der Waals surface area contributed by atoms with Crippen LogP contribution in [-0.4, -0.2) is 21.8 Å². The molecule has 0 aliphatic rings. The normalized spacial score (nSPS) is 10.4. The Morgan fingerprint density at radius 2 is 2.12 bits per heavy atom. The summed E-state index contributed by atoms with van der Waals surface area (Å²) in [6, 6.07) is 3.57. The van der Waals surface area contributed by atoms with Gasteiger partial charge in [-0.1, -0.05) is 13.0 Å². The number of carbonyl (C=O) groups is 1. The van der Waals surface area contributed by atoms with Crippen LogP contribution in [0.25, 0.3) is 11.0 Å². The average Bonchev–Trinajstić information content (AvgIpc) is 2.78. The molecule has 2 N–H and O–H groups in total. The molecule has 0 bridgehead atoms. The van der Waals surface area contributed by atoms with E-state index < -0.39 is 0 Å². The molecule has 0 saturated heterocycles. The van der Waals surface area contributed by atoms with Crippen LogP contribution in [0.5, 0.6) is 0 Å². The Labute approximate surface area is 97.2 Å². The fourth-order valence-electron chi connectivity index (χ4n) is 1.49. The van der Waals surface area contributed by atoms with Crippen molar-refractivity contribution in [2.45, 2.75) is 13.3 Å². The summed E-state index contributed by atoms with van der Waals surface area (Å²) in [4.78, 5) is 11.2. The van der Waals surface area contributed by atoms with Gasteiger partial charge in [-0.15, -0.1) is 0 Å². The summed E-state index contributed by atoms with van der Waals surface area (Å²) in [5, 5.41) is 5.23. The van der Waals surface area contributed by atoms with Crippen LogP contribution < -0.4 is 10.6 Å². The first-order valence-electron chi connectivity index (χ1n) is 4.99. The van der Waals surface area contributed by atoms with Gasteiger partial charge in [-0.25, -0.2) is 4.79 Å². The molecule has 0 saturated carbocycles. The summed E-state index contributed by atoms with van der Waals surface area (Å²) < 4.78 is 8.44. The molecule has 1 aromatic carbocycles. The monoisotopic (exact) mass is 236 g/mol. The van der Waals surface area contributed by atoms with Crippen LogP contribution in [0.1, 0.15) is 12.5 Å². The number of aromatic nitrogens is 2. The van der Waals surface area contributed by atoms with Gasteiger partial charge in [-0.3, -0.25) is 0 Å². The number of carbonyl (C=O) groups excluding carboxylic acids is 1. The van der Waals surface area contributed by atoms with E-state index >= 15 is 0 Å². The number of amides is 2. The highest BCUT2D eigenvalue weighted by Crippen LogP contribution is 2.25. The predicted molar refractivity (Wildman–Crippen MR) is 64.9 cm³/mol. The summed E-state index contributed by atoms with van der Waals surface area (Å²) in [6.07, 6.45) is 0.905. The molecule has 0 radical (unpaired) electrons. The Bertz CT molecular complexity index is 523. The highest BCUT2D eigenvalue weighted by atomic mass is 32.1. The third-order valence-electron chi connectivity index (χ3n) is 2.36. The fraction of sp³-hybridized carbons (Fsp3) is 0.300. The molecule has 0 fully saturated rings. The Morgan fingerprint density at radius 3 is 2.81 bits per heavy atom. The molecule has 5 nitrogen and oxygen atoms in total. The van der Waals surface area contributed by atoms with Gasteiger partial charge in [0.1, 0.15) is 11.0 Å². The number of urea groups is 1. The van der Waals surface area contributed by atoms with Crippen molar-refractivity contribution in [2.24, 2.45) is 0 Å². The Kier molecular flexibility index (Phi) is 3.00. The maximum atomic E-state index is 11.2. The minimum absolute atomic E-state index is 0.251. The van der Waals surface area contributed by atoms with Crippen molar-refractivity contribution in [1.29, 1.82) is 0 Å². The number of benzene rings is 1. The van der Waals surface area contributed by atoms with Gasteiger partial charge >= 0.3 is 6.03 Å². The summed E-state index contributed by atoms with van der Waals surface area (Å²) in [7, 11) is 1.58. The van der Waals surface area contributed by atoms with Gasteiger partial charge in [0.2, 0.25) is 0 Å².